The van der Waals surface area contributed by atoms with Crippen LogP contribution in [0.2, 0.25) is 0 Å². The van der Waals surface area contributed by atoms with Crippen molar-refractivity contribution in [3.63, 3.8) is 0 Å². The lowest BCUT2D eigenvalue weighted by atomic mass is 9.84. The highest BCUT2D eigenvalue weighted by Gasteiger charge is 2.32. The standard InChI is InChI=1S/C33H42N6/c1-20(2)24-11-9-21(3)28(17-24)38-16-13-26-25(18-38)32(39-15-8-14-33(6,7)19-39)35-31(34-26)29-22(4)10-12-27-30(29)23(5)36-37-27/h9-12,17,20H,8,13-16,18-19H2,1-7H3,(H,36,37). The number of aromatic nitrogens is 4. The van der Waals surface area contributed by atoms with Crippen molar-refractivity contribution in [2.24, 2.45) is 5.41 Å². The second-order valence-corrected chi connectivity index (χ2v) is 12.9. The number of aryl methyl sites for hydroxylation is 3. The van der Waals surface area contributed by atoms with E-state index >= 15 is 0 Å². The Hall–Kier alpha value is -3.41. The van der Waals surface area contributed by atoms with Gasteiger partial charge in [-0.05, 0) is 73.8 Å². The van der Waals surface area contributed by atoms with E-state index in [0.717, 1.165) is 66.4 Å². The average Bonchev–Trinajstić information content (AvgIpc) is 3.27. The molecule has 2 aliphatic rings. The smallest absolute Gasteiger partial charge is 0.162 e. The van der Waals surface area contributed by atoms with Gasteiger partial charge in [-0.1, -0.05) is 45.9 Å². The normalized spacial score (nSPS) is 17.2. The number of nitrogens with one attached hydrogen (secondary N) is 1. The Morgan fingerprint density at radius 3 is 2.51 bits per heavy atom. The van der Waals surface area contributed by atoms with Gasteiger partial charge in [0.05, 0.1) is 11.2 Å². The quantitative estimate of drug-likeness (QED) is 0.306. The molecule has 6 heteroatoms. The van der Waals surface area contributed by atoms with Gasteiger partial charge in [0.2, 0.25) is 0 Å². The Kier molecular flexibility index (Phi) is 6.40. The van der Waals surface area contributed by atoms with E-state index in [1.54, 1.807) is 0 Å². The number of fused-ring (bicyclic) bond motifs is 2. The van der Waals surface area contributed by atoms with Crippen molar-refractivity contribution in [3.05, 3.63) is 64.0 Å². The molecule has 0 bridgehead atoms. The first-order valence-corrected chi connectivity index (χ1v) is 14.6. The first-order valence-electron chi connectivity index (χ1n) is 14.6. The molecule has 0 radical (unpaired) electrons. The van der Waals surface area contributed by atoms with Gasteiger partial charge >= 0.3 is 0 Å². The molecule has 1 fully saturated rings. The SMILES string of the molecule is Cc1ccc(C(C)C)cc1N1CCc2nc(-c3c(C)ccc4n[nH]c(C)c34)nc(N3CCCC(C)(C)C3)c2C1. The number of H-pyrrole nitrogens is 1. The van der Waals surface area contributed by atoms with Crippen LogP contribution >= 0.6 is 0 Å². The monoisotopic (exact) mass is 522 g/mol. The van der Waals surface area contributed by atoms with Crippen LogP contribution in [0.5, 0.6) is 0 Å². The minimum Gasteiger partial charge on any atom is -0.366 e. The summed E-state index contributed by atoms with van der Waals surface area (Å²) in [6.45, 7) is 19.7. The number of hydrogen-bond donors (Lipinski definition) is 1. The Morgan fingerprint density at radius 1 is 0.949 bits per heavy atom. The minimum absolute atomic E-state index is 0.268. The van der Waals surface area contributed by atoms with Gasteiger partial charge in [-0.15, -0.1) is 0 Å². The summed E-state index contributed by atoms with van der Waals surface area (Å²) < 4.78 is 0. The third-order valence-electron chi connectivity index (χ3n) is 8.81. The van der Waals surface area contributed by atoms with E-state index in [0.29, 0.717) is 5.92 Å². The molecule has 4 aromatic rings. The van der Waals surface area contributed by atoms with Gasteiger partial charge in [0.25, 0.3) is 0 Å². The summed E-state index contributed by atoms with van der Waals surface area (Å²) in [6.07, 6.45) is 3.36. The van der Waals surface area contributed by atoms with Crippen molar-refractivity contribution < 1.29 is 0 Å². The fourth-order valence-electron chi connectivity index (χ4n) is 6.56. The van der Waals surface area contributed by atoms with Crippen LogP contribution in [0, 0.1) is 26.2 Å². The highest BCUT2D eigenvalue weighted by Crippen LogP contribution is 2.39. The lowest BCUT2D eigenvalue weighted by Gasteiger charge is -2.41. The summed E-state index contributed by atoms with van der Waals surface area (Å²) in [5, 5.41) is 8.86. The predicted octanol–water partition coefficient (Wildman–Crippen LogP) is 7.26. The molecule has 1 saturated heterocycles. The zero-order chi connectivity index (χ0) is 27.5. The van der Waals surface area contributed by atoms with Crippen molar-refractivity contribution in [1.29, 1.82) is 0 Å². The summed E-state index contributed by atoms with van der Waals surface area (Å²) in [6, 6.07) is 11.2. The van der Waals surface area contributed by atoms with Gasteiger partial charge in [0.15, 0.2) is 5.82 Å². The zero-order valence-corrected chi connectivity index (χ0v) is 24.6. The Morgan fingerprint density at radius 2 is 1.74 bits per heavy atom. The van der Waals surface area contributed by atoms with E-state index in [9.17, 15) is 0 Å². The Labute approximate surface area is 232 Å². The van der Waals surface area contributed by atoms with E-state index in [1.165, 1.54) is 46.5 Å². The van der Waals surface area contributed by atoms with E-state index < -0.39 is 0 Å². The highest BCUT2D eigenvalue weighted by atomic mass is 15.2. The Balaban J connectivity index is 1.50. The van der Waals surface area contributed by atoms with E-state index in [-0.39, 0.29) is 5.41 Å². The first-order chi connectivity index (χ1) is 18.6. The maximum absolute atomic E-state index is 5.42. The molecule has 0 spiro atoms. The summed E-state index contributed by atoms with van der Waals surface area (Å²) in [4.78, 5) is 15.8. The van der Waals surface area contributed by atoms with Gasteiger partial charge in [0.1, 0.15) is 5.82 Å². The number of aromatic amines is 1. The van der Waals surface area contributed by atoms with Gasteiger partial charge < -0.3 is 9.80 Å². The molecule has 1 N–H and O–H groups in total. The fourth-order valence-corrected chi connectivity index (χ4v) is 6.56. The maximum atomic E-state index is 5.42. The van der Waals surface area contributed by atoms with Crippen molar-refractivity contribution in [1.82, 2.24) is 20.2 Å². The van der Waals surface area contributed by atoms with Gasteiger partial charge in [0, 0.05) is 60.5 Å². The molecule has 2 aromatic carbocycles. The van der Waals surface area contributed by atoms with Gasteiger partial charge in [-0.2, -0.15) is 5.10 Å². The van der Waals surface area contributed by atoms with Crippen LogP contribution in [-0.2, 0) is 13.0 Å². The van der Waals surface area contributed by atoms with Crippen molar-refractivity contribution in [2.75, 3.05) is 29.4 Å². The Bertz CT molecular complexity index is 1550. The lowest BCUT2D eigenvalue weighted by Crippen LogP contribution is -2.42. The number of rotatable bonds is 4. The number of anilines is 2. The minimum atomic E-state index is 0.268. The lowest BCUT2D eigenvalue weighted by molar-refractivity contribution is 0.291. The van der Waals surface area contributed by atoms with Crippen molar-refractivity contribution in [2.45, 2.75) is 80.2 Å². The molecule has 0 amide bonds. The molecule has 0 aliphatic carbocycles. The molecule has 0 unspecified atom stereocenters. The number of hydrogen-bond acceptors (Lipinski definition) is 5. The third-order valence-corrected chi connectivity index (χ3v) is 8.81. The number of nitrogens with zero attached hydrogens (tertiary/aromatic N) is 5. The molecule has 2 aromatic heterocycles. The summed E-state index contributed by atoms with van der Waals surface area (Å²) in [5.74, 6) is 2.48. The van der Waals surface area contributed by atoms with Crippen molar-refractivity contribution >= 4 is 22.4 Å². The molecule has 6 rings (SSSR count). The maximum Gasteiger partial charge on any atom is 0.162 e. The van der Waals surface area contributed by atoms with Crippen LogP contribution in [0.4, 0.5) is 11.5 Å². The molecule has 0 atom stereocenters. The van der Waals surface area contributed by atoms with Gasteiger partial charge in [-0.25, -0.2) is 9.97 Å². The van der Waals surface area contributed by atoms with Crippen LogP contribution in [0.15, 0.2) is 30.3 Å². The van der Waals surface area contributed by atoms with Crippen LogP contribution in [-0.4, -0.2) is 39.8 Å². The molecule has 2 aliphatic heterocycles. The second kappa shape index (κ2) is 9.65. The van der Waals surface area contributed by atoms with Crippen LogP contribution in [0.1, 0.15) is 80.1 Å². The molecule has 4 heterocycles. The average molecular weight is 523 g/mol. The number of benzene rings is 2. The molecule has 39 heavy (non-hydrogen) atoms. The van der Waals surface area contributed by atoms with E-state index in [4.69, 9.17) is 9.97 Å². The molecule has 0 saturated carbocycles. The van der Waals surface area contributed by atoms with E-state index in [1.807, 2.05) is 0 Å². The zero-order valence-electron chi connectivity index (χ0n) is 24.6. The topological polar surface area (TPSA) is 60.9 Å². The fraction of sp³-hybridized carbons (Fsp3) is 0.485. The molecule has 6 nitrogen and oxygen atoms in total. The number of piperidine rings is 1. The summed E-state index contributed by atoms with van der Waals surface area (Å²) in [7, 11) is 0. The highest BCUT2D eigenvalue weighted by molar-refractivity contribution is 5.96. The third kappa shape index (κ3) is 4.68. The van der Waals surface area contributed by atoms with Crippen LogP contribution in [0.3, 0.4) is 0 Å². The van der Waals surface area contributed by atoms with Crippen LogP contribution in [0.25, 0.3) is 22.3 Å². The van der Waals surface area contributed by atoms with Crippen LogP contribution < -0.4 is 9.80 Å². The molecular weight excluding hydrogens is 480 g/mol. The van der Waals surface area contributed by atoms with Crippen molar-refractivity contribution in [3.8, 4) is 11.4 Å². The summed E-state index contributed by atoms with van der Waals surface area (Å²) in [5.41, 5.74) is 11.2. The molecular formula is C33H42N6. The predicted molar refractivity (Wildman–Crippen MR) is 162 cm³/mol. The van der Waals surface area contributed by atoms with Gasteiger partial charge in [-0.3, -0.25) is 5.10 Å². The molecule has 204 valence electrons. The largest absolute Gasteiger partial charge is 0.366 e. The summed E-state index contributed by atoms with van der Waals surface area (Å²) >= 11 is 0. The van der Waals surface area contributed by atoms with E-state index in [2.05, 4.69) is 98.8 Å². The first kappa shape index (κ1) is 25.8. The second-order valence-electron chi connectivity index (χ2n) is 12.9.